The van der Waals surface area contributed by atoms with E-state index in [-0.39, 0.29) is 33.3 Å². The first-order chi connectivity index (χ1) is 20.7. The molecule has 2 aromatic heterocycles. The number of fused-ring (bicyclic) bond motifs is 1. The van der Waals surface area contributed by atoms with Crippen LogP contribution in [0.5, 0.6) is 5.88 Å². The number of aromatic nitrogens is 3. The minimum atomic E-state index is -4.61. The third kappa shape index (κ3) is 5.40. The predicted octanol–water partition coefficient (Wildman–Crippen LogP) is 4.89. The number of aromatic amines is 1. The maximum atomic E-state index is 13.3. The molecule has 192 valence electrons. The molecule has 8 nitrogen and oxygen atoms in total. The first-order valence-electron chi connectivity index (χ1n) is 14.6. The van der Waals surface area contributed by atoms with Crippen LogP contribution in [0.25, 0.3) is 22.0 Å². The van der Waals surface area contributed by atoms with Gasteiger partial charge < -0.3 is 15.4 Å². The molecule has 0 aliphatic rings. The highest BCUT2D eigenvalue weighted by Gasteiger charge is 2.31. The number of nitrogens with zero attached hydrogens (tertiary/aromatic N) is 2. The SMILES string of the molecule is [2H]C([2H])([2H])Oc1ncc(-c2ccc3c(C(=O)NC([2H])([2H])C([2H])([2H])[2H])n[nH]c3c2)cc1C(=O)N[C@H](C)c1cccc(C(F)(F)F)c1. The van der Waals surface area contributed by atoms with Crippen molar-refractivity contribution in [1.29, 1.82) is 0 Å². The van der Waals surface area contributed by atoms with E-state index in [2.05, 4.69) is 20.5 Å². The molecule has 0 unspecified atom stereocenters. The van der Waals surface area contributed by atoms with Gasteiger partial charge in [-0.15, -0.1) is 0 Å². The summed E-state index contributed by atoms with van der Waals surface area (Å²) in [7, 11) is -2.99. The van der Waals surface area contributed by atoms with Crippen molar-refractivity contribution in [3.8, 4) is 17.0 Å². The number of ether oxygens (including phenoxy) is 1. The monoisotopic (exact) mass is 519 g/mol. The molecule has 11 heteroatoms. The number of nitrogens with one attached hydrogen (secondary N) is 3. The van der Waals surface area contributed by atoms with E-state index >= 15 is 0 Å². The van der Waals surface area contributed by atoms with Crippen LogP contribution in [0.3, 0.4) is 0 Å². The molecule has 3 N–H and O–H groups in total. The predicted molar refractivity (Wildman–Crippen MR) is 131 cm³/mol. The van der Waals surface area contributed by atoms with Gasteiger partial charge in [0, 0.05) is 30.5 Å². The molecule has 0 radical (unpaired) electrons. The number of carbonyl (C=O) groups is 2. The fraction of sp³-hybridized carbons (Fsp3) is 0.231. The molecule has 0 fully saturated rings. The number of halogens is 3. The van der Waals surface area contributed by atoms with Crippen molar-refractivity contribution in [3.05, 3.63) is 77.1 Å². The lowest BCUT2D eigenvalue weighted by Crippen LogP contribution is -2.27. The van der Waals surface area contributed by atoms with Gasteiger partial charge in [0.1, 0.15) is 5.56 Å². The first-order valence-corrected chi connectivity index (χ1v) is 10.6. The van der Waals surface area contributed by atoms with Crippen LogP contribution >= 0.6 is 0 Å². The topological polar surface area (TPSA) is 109 Å². The van der Waals surface area contributed by atoms with Gasteiger partial charge in [0.2, 0.25) is 5.88 Å². The number of amides is 2. The van der Waals surface area contributed by atoms with Crippen molar-refractivity contribution in [2.24, 2.45) is 0 Å². The van der Waals surface area contributed by atoms with Crippen LogP contribution in [0.1, 0.15) is 62.8 Å². The van der Waals surface area contributed by atoms with E-state index in [0.717, 1.165) is 12.1 Å². The third-order valence-corrected chi connectivity index (χ3v) is 5.54. The van der Waals surface area contributed by atoms with E-state index in [1.54, 1.807) is 5.32 Å². The van der Waals surface area contributed by atoms with Crippen LogP contribution in [-0.2, 0) is 6.18 Å². The van der Waals surface area contributed by atoms with E-state index in [0.29, 0.717) is 5.56 Å². The lowest BCUT2D eigenvalue weighted by atomic mass is 10.0. The van der Waals surface area contributed by atoms with E-state index in [1.807, 2.05) is 0 Å². The fourth-order valence-electron chi connectivity index (χ4n) is 3.68. The summed E-state index contributed by atoms with van der Waals surface area (Å²) < 4.78 is 104. The summed E-state index contributed by atoms with van der Waals surface area (Å²) in [6, 6.07) is 9.07. The number of rotatable bonds is 7. The van der Waals surface area contributed by atoms with Gasteiger partial charge in [-0.3, -0.25) is 14.7 Å². The number of carbonyl (C=O) groups excluding carboxylic acids is 2. The number of H-pyrrole nitrogens is 1. The standard InChI is InChI=1S/C26H24F3N5O3/c1-4-30-24(36)22-19-9-8-16(12-21(19)33-34-22)17-11-20(25(37-3)31-13-17)23(35)32-14(2)15-6-5-7-18(10-15)26(27,28)29/h5-14H,4H2,1-3H3,(H,30,36)(H,32,35)(H,33,34)/t14-/m1/s1/i1D3,3D3,4D2. The first kappa shape index (κ1) is 17.1. The molecule has 2 amide bonds. The number of alkyl halides is 3. The average Bonchev–Trinajstić information content (AvgIpc) is 3.34. The largest absolute Gasteiger partial charge is 0.480 e. The summed E-state index contributed by atoms with van der Waals surface area (Å²) in [5.41, 5.74) is -0.472. The molecule has 2 heterocycles. The third-order valence-electron chi connectivity index (χ3n) is 5.54. The van der Waals surface area contributed by atoms with Crippen molar-refractivity contribution in [1.82, 2.24) is 25.8 Å². The second kappa shape index (κ2) is 10.3. The van der Waals surface area contributed by atoms with Gasteiger partial charge in [-0.1, -0.05) is 18.2 Å². The molecule has 1 atom stereocenters. The molecule has 0 bridgehead atoms. The Balaban J connectivity index is 1.66. The zero-order chi connectivity index (χ0) is 33.5. The van der Waals surface area contributed by atoms with E-state index < -0.39 is 55.9 Å². The van der Waals surface area contributed by atoms with Gasteiger partial charge >= 0.3 is 6.18 Å². The summed E-state index contributed by atoms with van der Waals surface area (Å²) in [6.07, 6.45) is -3.39. The van der Waals surface area contributed by atoms with Crippen LogP contribution in [0, 0.1) is 0 Å². The molecule has 0 spiro atoms. The Morgan fingerprint density at radius 1 is 1.16 bits per heavy atom. The minimum absolute atomic E-state index is 0.136. The van der Waals surface area contributed by atoms with Crippen LogP contribution in [0.4, 0.5) is 13.2 Å². The molecule has 0 saturated heterocycles. The Labute approximate surface area is 221 Å². The Morgan fingerprint density at radius 2 is 2.00 bits per heavy atom. The minimum Gasteiger partial charge on any atom is -0.480 e. The molecule has 0 saturated carbocycles. The molecule has 2 aromatic carbocycles. The highest BCUT2D eigenvalue weighted by Crippen LogP contribution is 2.31. The second-order valence-corrected chi connectivity index (χ2v) is 7.91. The highest BCUT2D eigenvalue weighted by molar-refractivity contribution is 6.05. The average molecular weight is 520 g/mol. The molecule has 37 heavy (non-hydrogen) atoms. The van der Waals surface area contributed by atoms with Gasteiger partial charge in [0.05, 0.1) is 28.3 Å². The van der Waals surface area contributed by atoms with E-state index in [1.165, 1.54) is 49.5 Å². The number of hydrogen-bond donors (Lipinski definition) is 3. The van der Waals surface area contributed by atoms with Crippen molar-refractivity contribution in [2.75, 3.05) is 13.5 Å². The van der Waals surface area contributed by atoms with Gasteiger partial charge in [0.15, 0.2) is 5.69 Å². The van der Waals surface area contributed by atoms with Crippen LogP contribution in [0.2, 0.25) is 0 Å². The maximum Gasteiger partial charge on any atom is 0.416 e. The van der Waals surface area contributed by atoms with Crippen LogP contribution in [-0.4, -0.2) is 40.5 Å². The Kier molecular flexibility index (Phi) is 4.76. The molecule has 4 aromatic rings. The van der Waals surface area contributed by atoms with E-state index in [4.69, 9.17) is 15.7 Å². The summed E-state index contributed by atoms with van der Waals surface area (Å²) in [6.45, 7) is -4.73. The highest BCUT2D eigenvalue weighted by atomic mass is 19.4. The smallest absolute Gasteiger partial charge is 0.416 e. The number of hydrogen-bond acceptors (Lipinski definition) is 5. The van der Waals surface area contributed by atoms with Gasteiger partial charge in [-0.2, -0.15) is 18.3 Å². The quantitative estimate of drug-likeness (QED) is 0.322. The van der Waals surface area contributed by atoms with Crippen molar-refractivity contribution in [2.45, 2.75) is 26.0 Å². The molecule has 4 rings (SSSR count). The summed E-state index contributed by atoms with van der Waals surface area (Å²) in [5.74, 6) is -2.53. The molecule has 0 aliphatic carbocycles. The summed E-state index contributed by atoms with van der Waals surface area (Å²) in [4.78, 5) is 29.9. The molecule has 0 aliphatic heterocycles. The molecular formula is C26H24F3N5O3. The summed E-state index contributed by atoms with van der Waals surface area (Å²) >= 11 is 0. The Hall–Kier alpha value is -4.41. The number of pyridine rings is 1. The second-order valence-electron chi connectivity index (χ2n) is 7.91. The molecular weight excluding hydrogens is 487 g/mol. The van der Waals surface area contributed by atoms with Gasteiger partial charge in [-0.25, -0.2) is 4.98 Å². The zero-order valence-corrected chi connectivity index (χ0v) is 19.0. The zero-order valence-electron chi connectivity index (χ0n) is 27.0. The van der Waals surface area contributed by atoms with Crippen molar-refractivity contribution < 1.29 is 38.5 Å². The van der Waals surface area contributed by atoms with Crippen molar-refractivity contribution in [3.63, 3.8) is 0 Å². The van der Waals surface area contributed by atoms with Crippen molar-refractivity contribution >= 4 is 22.7 Å². The van der Waals surface area contributed by atoms with Crippen LogP contribution < -0.4 is 15.4 Å². The maximum absolute atomic E-state index is 13.3. The number of benzene rings is 2. The Morgan fingerprint density at radius 3 is 2.76 bits per heavy atom. The summed E-state index contributed by atoms with van der Waals surface area (Å²) in [5, 5.41) is 11.0. The van der Waals surface area contributed by atoms with Gasteiger partial charge in [0.25, 0.3) is 11.8 Å². The lowest BCUT2D eigenvalue weighted by Gasteiger charge is -2.17. The van der Waals surface area contributed by atoms with E-state index in [9.17, 15) is 22.8 Å². The lowest BCUT2D eigenvalue weighted by molar-refractivity contribution is -0.137. The normalized spacial score (nSPS) is 16.5. The van der Waals surface area contributed by atoms with Crippen LogP contribution in [0.15, 0.2) is 54.7 Å². The Bertz CT molecular complexity index is 1760. The number of methoxy groups -OCH3 is 1. The fourth-order valence-corrected chi connectivity index (χ4v) is 3.68. The van der Waals surface area contributed by atoms with Gasteiger partial charge in [-0.05, 0) is 55.2 Å².